The first-order chi connectivity index (χ1) is 12.3. The first-order valence-corrected chi connectivity index (χ1v) is 9.67. The van der Waals surface area contributed by atoms with Crippen LogP contribution in [0.1, 0.15) is 23.2 Å². The summed E-state index contributed by atoms with van der Waals surface area (Å²) < 4.78 is 53.0. The van der Waals surface area contributed by atoms with E-state index in [-0.39, 0.29) is 21.2 Å². The molecule has 0 bridgehead atoms. The smallest absolute Gasteiger partial charge is 0.257 e. The fraction of sp³-hybridized carbons (Fsp3) is 0.235. The number of hydrogen-bond donors (Lipinski definition) is 1. The molecule has 9 heteroatoms. The summed E-state index contributed by atoms with van der Waals surface area (Å²) in [5, 5.41) is 2.21. The standard InChI is InChI=1S/C17H15ClF2N2O3S/c18-14-10-16(20)15(19)9-13(14)17(23)21-11-4-3-5-12(8-11)26(24,25)22-6-1-2-7-22/h3-5,8-10H,1-2,6-7H2,(H,21,23). The molecule has 0 unspecified atom stereocenters. The van der Waals surface area contributed by atoms with Crippen molar-refractivity contribution in [3.8, 4) is 0 Å². The molecule has 0 radical (unpaired) electrons. The molecule has 0 saturated carbocycles. The molecule has 3 rings (SSSR count). The topological polar surface area (TPSA) is 66.5 Å². The van der Waals surface area contributed by atoms with Crippen molar-refractivity contribution in [2.45, 2.75) is 17.7 Å². The number of carbonyl (C=O) groups excluding carboxylic acids is 1. The third-order valence-electron chi connectivity index (χ3n) is 4.05. The molecule has 5 nitrogen and oxygen atoms in total. The number of rotatable bonds is 4. The zero-order valence-corrected chi connectivity index (χ0v) is 15.1. The molecule has 1 heterocycles. The van der Waals surface area contributed by atoms with Gasteiger partial charge in [-0.2, -0.15) is 4.31 Å². The van der Waals surface area contributed by atoms with Crippen LogP contribution in [0.25, 0.3) is 0 Å². The number of nitrogens with zero attached hydrogens (tertiary/aromatic N) is 1. The van der Waals surface area contributed by atoms with Crippen molar-refractivity contribution in [2.24, 2.45) is 0 Å². The molecule has 2 aromatic carbocycles. The summed E-state index contributed by atoms with van der Waals surface area (Å²) in [6.07, 6.45) is 1.62. The van der Waals surface area contributed by atoms with Crippen molar-refractivity contribution in [1.29, 1.82) is 0 Å². The van der Waals surface area contributed by atoms with E-state index >= 15 is 0 Å². The van der Waals surface area contributed by atoms with Gasteiger partial charge in [-0.1, -0.05) is 17.7 Å². The average molecular weight is 401 g/mol. The van der Waals surface area contributed by atoms with Crippen LogP contribution in [0.3, 0.4) is 0 Å². The van der Waals surface area contributed by atoms with Gasteiger partial charge >= 0.3 is 0 Å². The molecular formula is C17H15ClF2N2O3S. The Bertz CT molecular complexity index is 960. The van der Waals surface area contributed by atoms with E-state index in [1.807, 2.05) is 0 Å². The van der Waals surface area contributed by atoms with Crippen LogP contribution in [-0.4, -0.2) is 31.7 Å². The van der Waals surface area contributed by atoms with E-state index in [0.29, 0.717) is 25.2 Å². The maximum Gasteiger partial charge on any atom is 0.257 e. The largest absolute Gasteiger partial charge is 0.322 e. The number of anilines is 1. The highest BCUT2D eigenvalue weighted by Crippen LogP contribution is 2.25. The lowest BCUT2D eigenvalue weighted by Gasteiger charge is -2.16. The molecular weight excluding hydrogens is 386 g/mol. The number of nitrogens with one attached hydrogen (secondary N) is 1. The van der Waals surface area contributed by atoms with E-state index in [1.54, 1.807) is 0 Å². The van der Waals surface area contributed by atoms with Crippen molar-refractivity contribution in [3.05, 3.63) is 58.6 Å². The van der Waals surface area contributed by atoms with Crippen LogP contribution in [0.4, 0.5) is 14.5 Å². The summed E-state index contributed by atoms with van der Waals surface area (Å²) in [4.78, 5) is 12.3. The van der Waals surface area contributed by atoms with Gasteiger partial charge in [-0.3, -0.25) is 4.79 Å². The molecule has 0 aromatic heterocycles. The molecule has 26 heavy (non-hydrogen) atoms. The van der Waals surface area contributed by atoms with Gasteiger partial charge in [-0.25, -0.2) is 17.2 Å². The maximum absolute atomic E-state index is 13.4. The Morgan fingerprint density at radius 1 is 1.08 bits per heavy atom. The van der Waals surface area contributed by atoms with Crippen LogP contribution in [-0.2, 0) is 10.0 Å². The normalized spacial score (nSPS) is 15.2. The molecule has 1 N–H and O–H groups in total. The van der Waals surface area contributed by atoms with E-state index in [4.69, 9.17) is 11.6 Å². The Kier molecular flexibility index (Phi) is 5.27. The van der Waals surface area contributed by atoms with Crippen LogP contribution >= 0.6 is 11.6 Å². The first-order valence-electron chi connectivity index (χ1n) is 7.85. The molecule has 1 aliphatic rings. The predicted octanol–water partition coefficient (Wildman–Crippen LogP) is 3.66. The SMILES string of the molecule is O=C(Nc1cccc(S(=O)(=O)N2CCCC2)c1)c1cc(F)c(F)cc1Cl. The number of hydrogen-bond acceptors (Lipinski definition) is 3. The minimum atomic E-state index is -3.64. The molecule has 0 aliphatic carbocycles. The average Bonchev–Trinajstić information content (AvgIpc) is 3.13. The van der Waals surface area contributed by atoms with Gasteiger partial charge in [0.05, 0.1) is 15.5 Å². The van der Waals surface area contributed by atoms with Crippen LogP contribution in [0.2, 0.25) is 5.02 Å². The highest BCUT2D eigenvalue weighted by molar-refractivity contribution is 7.89. The summed E-state index contributed by atoms with van der Waals surface area (Å²) in [7, 11) is -3.64. The van der Waals surface area contributed by atoms with Crippen LogP contribution in [0, 0.1) is 11.6 Å². The van der Waals surface area contributed by atoms with Crippen LogP contribution < -0.4 is 5.32 Å². The van der Waals surface area contributed by atoms with Gasteiger partial charge in [0.15, 0.2) is 11.6 Å². The molecule has 1 amide bonds. The van der Waals surface area contributed by atoms with Gasteiger partial charge in [0, 0.05) is 18.8 Å². The van der Waals surface area contributed by atoms with E-state index in [0.717, 1.165) is 12.8 Å². The monoisotopic (exact) mass is 400 g/mol. The van der Waals surface area contributed by atoms with Gasteiger partial charge in [0.2, 0.25) is 10.0 Å². The Balaban J connectivity index is 1.85. The Labute approximate surface area is 154 Å². The summed E-state index contributed by atoms with van der Waals surface area (Å²) in [6, 6.07) is 7.14. The quantitative estimate of drug-likeness (QED) is 0.796. The summed E-state index contributed by atoms with van der Waals surface area (Å²) in [5.74, 6) is -3.14. The first kappa shape index (κ1) is 18.8. The van der Waals surface area contributed by atoms with Crippen molar-refractivity contribution >= 4 is 33.2 Å². The third kappa shape index (κ3) is 3.72. The highest BCUT2D eigenvalue weighted by Gasteiger charge is 2.27. The van der Waals surface area contributed by atoms with E-state index in [9.17, 15) is 22.0 Å². The maximum atomic E-state index is 13.4. The lowest BCUT2D eigenvalue weighted by Crippen LogP contribution is -2.27. The molecule has 0 atom stereocenters. The summed E-state index contributed by atoms with van der Waals surface area (Å²) in [6.45, 7) is 0.923. The molecule has 2 aromatic rings. The second-order valence-corrected chi connectivity index (χ2v) is 8.18. The van der Waals surface area contributed by atoms with Crippen molar-refractivity contribution in [1.82, 2.24) is 4.31 Å². The van der Waals surface area contributed by atoms with Crippen LogP contribution in [0.15, 0.2) is 41.3 Å². The number of carbonyl (C=O) groups is 1. The molecule has 138 valence electrons. The Morgan fingerprint density at radius 3 is 2.42 bits per heavy atom. The lowest BCUT2D eigenvalue weighted by atomic mass is 10.2. The van der Waals surface area contributed by atoms with Gasteiger partial charge in [0.25, 0.3) is 5.91 Å². The zero-order chi connectivity index (χ0) is 18.9. The fourth-order valence-corrected chi connectivity index (χ4v) is 4.51. The Morgan fingerprint density at radius 2 is 1.73 bits per heavy atom. The van der Waals surface area contributed by atoms with Gasteiger partial charge in [0.1, 0.15) is 0 Å². The van der Waals surface area contributed by atoms with E-state index in [1.165, 1.54) is 28.6 Å². The van der Waals surface area contributed by atoms with E-state index < -0.39 is 27.6 Å². The van der Waals surface area contributed by atoms with Crippen molar-refractivity contribution < 1.29 is 22.0 Å². The highest BCUT2D eigenvalue weighted by atomic mass is 35.5. The van der Waals surface area contributed by atoms with E-state index in [2.05, 4.69) is 5.32 Å². The van der Waals surface area contributed by atoms with Gasteiger partial charge < -0.3 is 5.32 Å². The van der Waals surface area contributed by atoms with Crippen LogP contribution in [0.5, 0.6) is 0 Å². The fourth-order valence-electron chi connectivity index (χ4n) is 2.71. The second kappa shape index (κ2) is 7.30. The predicted molar refractivity (Wildman–Crippen MR) is 93.8 cm³/mol. The molecule has 0 spiro atoms. The number of sulfonamides is 1. The molecule has 1 fully saturated rings. The van der Waals surface area contributed by atoms with Gasteiger partial charge in [-0.15, -0.1) is 0 Å². The van der Waals surface area contributed by atoms with Gasteiger partial charge in [-0.05, 0) is 43.2 Å². The molecule has 1 aliphatic heterocycles. The minimum absolute atomic E-state index is 0.0496. The second-order valence-electron chi connectivity index (χ2n) is 5.84. The zero-order valence-electron chi connectivity index (χ0n) is 13.5. The number of benzene rings is 2. The van der Waals surface area contributed by atoms with Crippen molar-refractivity contribution in [3.63, 3.8) is 0 Å². The minimum Gasteiger partial charge on any atom is -0.322 e. The number of halogens is 3. The summed E-state index contributed by atoms with van der Waals surface area (Å²) >= 11 is 5.78. The molecule has 1 saturated heterocycles. The lowest BCUT2D eigenvalue weighted by molar-refractivity contribution is 0.102. The van der Waals surface area contributed by atoms with Crippen molar-refractivity contribution in [2.75, 3.05) is 18.4 Å². The summed E-state index contributed by atoms with van der Waals surface area (Å²) in [5.41, 5.74) is -0.0468. The third-order valence-corrected chi connectivity index (χ3v) is 6.26. The Hall–Kier alpha value is -2.03. The number of amides is 1.